The monoisotopic (exact) mass is 322 g/mol. The molecule has 1 aromatic rings. The lowest BCUT2D eigenvalue weighted by Crippen LogP contribution is -1.81. The first kappa shape index (κ1) is 26.8. The van der Waals surface area contributed by atoms with Gasteiger partial charge in [0.25, 0.3) is 0 Å². The Morgan fingerprint density at radius 1 is 1.00 bits per heavy atom. The van der Waals surface area contributed by atoms with Crippen molar-refractivity contribution >= 4 is 5.78 Å². The first-order valence-corrected chi connectivity index (χ1v) is 9.09. The Bertz CT molecular complexity index is 357. The normalized spacial score (nSPS) is 9.04. The topological polar surface area (TPSA) is 17.1 Å². The summed E-state index contributed by atoms with van der Waals surface area (Å²) < 4.78 is 0. The van der Waals surface area contributed by atoms with Crippen LogP contribution in [0.15, 0.2) is 24.3 Å². The molecule has 0 N–H and O–H groups in total. The van der Waals surface area contributed by atoms with Crippen molar-refractivity contribution in [2.24, 2.45) is 11.8 Å². The van der Waals surface area contributed by atoms with Gasteiger partial charge in [0.05, 0.1) is 0 Å². The van der Waals surface area contributed by atoms with E-state index in [9.17, 15) is 4.79 Å². The van der Waals surface area contributed by atoms with Gasteiger partial charge in [0.2, 0.25) is 0 Å². The van der Waals surface area contributed by atoms with Crippen molar-refractivity contribution in [3.05, 3.63) is 35.4 Å². The zero-order chi connectivity index (χ0) is 18.8. The molecule has 0 bridgehead atoms. The molecular weight excluding hydrogens is 280 g/mol. The molecule has 1 aromatic carbocycles. The molecular formula is C22H42O. The van der Waals surface area contributed by atoms with Gasteiger partial charge in [-0.3, -0.25) is 0 Å². The molecule has 1 heteroatoms. The molecule has 0 aromatic heterocycles. The van der Waals surface area contributed by atoms with Crippen molar-refractivity contribution in [3.63, 3.8) is 0 Å². The zero-order valence-electron chi connectivity index (χ0n) is 17.5. The molecule has 0 radical (unpaired) electrons. The second kappa shape index (κ2) is 18.9. The van der Waals surface area contributed by atoms with Crippen LogP contribution in [0.25, 0.3) is 0 Å². The molecule has 0 saturated carbocycles. The Kier molecular flexibility index (Phi) is 22.0. The van der Waals surface area contributed by atoms with Crippen LogP contribution in [0, 0.1) is 18.8 Å². The smallest absolute Gasteiger partial charge is 0.126 e. The van der Waals surface area contributed by atoms with Crippen LogP contribution in [0.5, 0.6) is 0 Å². The molecule has 0 unspecified atom stereocenters. The third kappa shape index (κ3) is 38.6. The largest absolute Gasteiger partial charge is 0.300 e. The predicted octanol–water partition coefficient (Wildman–Crippen LogP) is 7.26. The summed E-state index contributed by atoms with van der Waals surface area (Å²) in [4.78, 5) is 9.44. The van der Waals surface area contributed by atoms with E-state index in [0.29, 0.717) is 0 Å². The van der Waals surface area contributed by atoms with E-state index >= 15 is 0 Å². The fourth-order valence-electron chi connectivity index (χ4n) is 1.51. The molecule has 1 nitrogen and oxygen atoms in total. The van der Waals surface area contributed by atoms with Crippen LogP contribution < -0.4 is 0 Å². The van der Waals surface area contributed by atoms with Crippen LogP contribution in [-0.2, 0) is 11.2 Å². The fourth-order valence-corrected chi connectivity index (χ4v) is 1.51. The van der Waals surface area contributed by atoms with Crippen LogP contribution in [-0.4, -0.2) is 5.78 Å². The van der Waals surface area contributed by atoms with Gasteiger partial charge < -0.3 is 4.79 Å². The van der Waals surface area contributed by atoms with E-state index in [0.717, 1.165) is 18.3 Å². The van der Waals surface area contributed by atoms with Crippen LogP contribution in [0.1, 0.15) is 86.3 Å². The number of carbonyl (C=O) groups excluding carboxylic acids is 1. The predicted molar refractivity (Wildman–Crippen MR) is 107 cm³/mol. The van der Waals surface area contributed by atoms with Gasteiger partial charge >= 0.3 is 0 Å². The van der Waals surface area contributed by atoms with Crippen LogP contribution >= 0.6 is 0 Å². The standard InChI is InChI=1S/C9H12.C6H14.C4H10.C3H6O/c1-3-9-6-4-5-8(2)7-9;1-4-5-6(2)3;1-4(2)3;1-3(2)4/h4-7H,3H2,1-2H3;6H,4-5H2,1-3H3;4H,1-3H3;1-2H3. The number of rotatable bonds is 3. The summed E-state index contributed by atoms with van der Waals surface area (Å²) in [6, 6.07) is 8.61. The second-order valence-corrected chi connectivity index (χ2v) is 7.17. The third-order valence-corrected chi connectivity index (χ3v) is 2.36. The van der Waals surface area contributed by atoms with Gasteiger partial charge in [-0.1, -0.05) is 91.1 Å². The number of hydrogen-bond donors (Lipinski definition) is 0. The van der Waals surface area contributed by atoms with Gasteiger partial charge in [0.15, 0.2) is 0 Å². The number of aryl methyl sites for hydroxylation is 2. The van der Waals surface area contributed by atoms with E-state index in [4.69, 9.17) is 0 Å². The Morgan fingerprint density at radius 3 is 1.61 bits per heavy atom. The minimum absolute atomic E-state index is 0.167. The molecule has 0 spiro atoms. The van der Waals surface area contributed by atoms with E-state index in [1.54, 1.807) is 0 Å². The van der Waals surface area contributed by atoms with Crippen molar-refractivity contribution in [2.75, 3.05) is 0 Å². The van der Waals surface area contributed by atoms with E-state index in [1.807, 2.05) is 0 Å². The summed E-state index contributed by atoms with van der Waals surface area (Å²) in [5.41, 5.74) is 2.78. The highest BCUT2D eigenvalue weighted by Gasteiger charge is 1.86. The Hall–Kier alpha value is -1.11. The molecule has 0 aliphatic heterocycles. The van der Waals surface area contributed by atoms with Gasteiger partial charge in [0, 0.05) is 0 Å². The van der Waals surface area contributed by atoms with Crippen LogP contribution in [0.4, 0.5) is 0 Å². The number of hydrogen-bond acceptors (Lipinski definition) is 1. The molecule has 1 rings (SSSR count). The summed E-state index contributed by atoms with van der Waals surface area (Å²) in [7, 11) is 0. The van der Waals surface area contributed by atoms with Crippen LogP contribution in [0.3, 0.4) is 0 Å². The molecule has 0 aliphatic carbocycles. The Labute approximate surface area is 146 Å². The highest BCUT2D eigenvalue weighted by Crippen LogP contribution is 2.03. The maximum atomic E-state index is 9.44. The van der Waals surface area contributed by atoms with Gasteiger partial charge in [-0.05, 0) is 44.6 Å². The molecule has 0 heterocycles. The number of benzene rings is 1. The molecule has 0 atom stereocenters. The van der Waals surface area contributed by atoms with Crippen molar-refractivity contribution in [2.45, 2.75) is 88.5 Å². The van der Waals surface area contributed by atoms with Crippen molar-refractivity contribution in [1.29, 1.82) is 0 Å². The quantitative estimate of drug-likeness (QED) is 0.572. The lowest BCUT2D eigenvalue weighted by Gasteiger charge is -1.95. The second-order valence-electron chi connectivity index (χ2n) is 7.17. The minimum Gasteiger partial charge on any atom is -0.300 e. The number of carbonyl (C=O) groups is 1. The highest BCUT2D eigenvalue weighted by molar-refractivity contribution is 5.72. The van der Waals surface area contributed by atoms with Crippen molar-refractivity contribution < 1.29 is 4.79 Å². The van der Waals surface area contributed by atoms with E-state index in [-0.39, 0.29) is 5.78 Å². The molecule has 0 saturated heterocycles. The van der Waals surface area contributed by atoms with Crippen molar-refractivity contribution in [1.82, 2.24) is 0 Å². The van der Waals surface area contributed by atoms with Gasteiger partial charge in [0.1, 0.15) is 5.78 Å². The molecule has 136 valence electrons. The summed E-state index contributed by atoms with van der Waals surface area (Å²) in [5.74, 6) is 1.90. The number of ketones is 1. The summed E-state index contributed by atoms with van der Waals surface area (Å²) in [5, 5.41) is 0. The first-order valence-electron chi connectivity index (χ1n) is 9.09. The maximum absolute atomic E-state index is 9.44. The molecule has 0 amide bonds. The molecule has 0 aliphatic rings. The lowest BCUT2D eigenvalue weighted by molar-refractivity contribution is -0.114. The van der Waals surface area contributed by atoms with Crippen molar-refractivity contribution in [3.8, 4) is 0 Å². The fraction of sp³-hybridized carbons (Fsp3) is 0.682. The third-order valence-electron chi connectivity index (χ3n) is 2.36. The summed E-state index contributed by atoms with van der Waals surface area (Å²) in [6.45, 7) is 20.6. The van der Waals surface area contributed by atoms with E-state index < -0.39 is 0 Å². The van der Waals surface area contributed by atoms with Gasteiger partial charge in [-0.25, -0.2) is 0 Å². The molecule has 0 fully saturated rings. The first-order chi connectivity index (χ1) is 10.6. The van der Waals surface area contributed by atoms with E-state index in [1.165, 1.54) is 37.8 Å². The average Bonchev–Trinajstić information content (AvgIpc) is 2.37. The SMILES string of the molecule is CC(C)=O.CC(C)C.CCCC(C)C.CCc1cccc(C)c1. The van der Waals surface area contributed by atoms with Gasteiger partial charge in [-0.15, -0.1) is 0 Å². The average molecular weight is 323 g/mol. The summed E-state index contributed by atoms with van der Waals surface area (Å²) in [6.07, 6.45) is 3.85. The summed E-state index contributed by atoms with van der Waals surface area (Å²) >= 11 is 0. The zero-order valence-corrected chi connectivity index (χ0v) is 17.5. The lowest BCUT2D eigenvalue weighted by atomic mass is 10.1. The van der Waals surface area contributed by atoms with Gasteiger partial charge in [-0.2, -0.15) is 0 Å². The minimum atomic E-state index is 0.167. The Balaban J connectivity index is -0.000000251. The molecule has 23 heavy (non-hydrogen) atoms. The Morgan fingerprint density at radius 2 is 1.43 bits per heavy atom. The van der Waals surface area contributed by atoms with Crippen LogP contribution in [0.2, 0.25) is 0 Å². The van der Waals surface area contributed by atoms with E-state index in [2.05, 4.69) is 79.7 Å². The number of Topliss-reactive ketones (excluding diaryl/α,β-unsaturated/α-hetero) is 1. The maximum Gasteiger partial charge on any atom is 0.126 e. The highest BCUT2D eigenvalue weighted by atomic mass is 16.1.